The van der Waals surface area contributed by atoms with Crippen LogP contribution in [0.4, 0.5) is 0 Å². The second-order valence-electron chi connectivity index (χ2n) is 13.1. The summed E-state index contributed by atoms with van der Waals surface area (Å²) in [6, 6.07) is 1.78. The predicted octanol–water partition coefficient (Wildman–Crippen LogP) is 2.47. The Balaban J connectivity index is 1.46. The molecule has 6 aliphatic rings. The highest BCUT2D eigenvalue weighted by atomic mass is 16.7. The largest absolute Gasteiger partial charge is 0.472 e. The average Bonchev–Trinajstić information content (AvgIpc) is 3.30. The van der Waals surface area contributed by atoms with Crippen molar-refractivity contribution in [3.8, 4) is 0 Å². The van der Waals surface area contributed by atoms with Gasteiger partial charge in [-0.05, 0) is 38.7 Å². The van der Waals surface area contributed by atoms with Crippen LogP contribution in [-0.2, 0) is 38.1 Å². The first-order valence-corrected chi connectivity index (χ1v) is 13.4. The minimum Gasteiger partial charge on any atom is -0.472 e. The zero-order chi connectivity index (χ0) is 27.0. The molecule has 0 aromatic carbocycles. The summed E-state index contributed by atoms with van der Waals surface area (Å²) in [6.45, 7) is 9.25. The third-order valence-electron chi connectivity index (χ3n) is 11.2. The molecule has 38 heavy (non-hydrogen) atoms. The summed E-state index contributed by atoms with van der Waals surface area (Å²) in [6.07, 6.45) is 0.326. The maximum atomic E-state index is 13.4. The number of aliphatic hydroxyl groups excluding tert-OH is 1. The van der Waals surface area contributed by atoms with Crippen LogP contribution in [0.5, 0.6) is 0 Å². The molecule has 6 fully saturated rings. The molecule has 2 aliphatic carbocycles. The molecule has 0 bridgehead atoms. The second-order valence-corrected chi connectivity index (χ2v) is 13.1. The number of fused-ring (bicyclic) bond motifs is 1. The summed E-state index contributed by atoms with van der Waals surface area (Å²) in [5, 5.41) is 12.2. The van der Waals surface area contributed by atoms with Crippen LogP contribution < -0.4 is 0 Å². The van der Waals surface area contributed by atoms with Gasteiger partial charge in [-0.25, -0.2) is 4.79 Å². The first-order valence-electron chi connectivity index (χ1n) is 13.4. The van der Waals surface area contributed by atoms with Crippen LogP contribution >= 0.6 is 0 Å². The zero-order valence-corrected chi connectivity index (χ0v) is 22.2. The number of hydrogen-bond donors (Lipinski definition) is 1. The lowest BCUT2D eigenvalue weighted by molar-refractivity contribution is -0.291. The number of rotatable bonds is 2. The van der Waals surface area contributed by atoms with Crippen molar-refractivity contribution in [1.82, 2.24) is 0 Å². The molecule has 2 saturated carbocycles. The normalized spacial score (nSPS) is 51.8. The Hall–Kier alpha value is -2.43. The second kappa shape index (κ2) is 7.20. The van der Waals surface area contributed by atoms with Crippen molar-refractivity contribution >= 4 is 17.9 Å². The van der Waals surface area contributed by atoms with Gasteiger partial charge < -0.3 is 33.2 Å². The van der Waals surface area contributed by atoms with Gasteiger partial charge in [-0.3, -0.25) is 9.59 Å². The van der Waals surface area contributed by atoms with Crippen LogP contribution in [0.15, 0.2) is 23.0 Å². The molecule has 1 N–H and O–H groups in total. The molecular weight excluding hydrogens is 496 g/mol. The first kappa shape index (κ1) is 24.6. The number of esters is 3. The Morgan fingerprint density at radius 1 is 1.13 bits per heavy atom. The molecule has 206 valence electrons. The topological polar surface area (TPSA) is 134 Å². The summed E-state index contributed by atoms with van der Waals surface area (Å²) < 4.78 is 36.1. The smallest absolute Gasteiger partial charge is 0.339 e. The van der Waals surface area contributed by atoms with Crippen molar-refractivity contribution < 1.29 is 47.6 Å². The third kappa shape index (κ3) is 2.53. The zero-order valence-electron chi connectivity index (χ0n) is 22.2. The van der Waals surface area contributed by atoms with Gasteiger partial charge in [0.1, 0.15) is 24.4 Å². The molecular formula is C28H34O10. The molecule has 1 aromatic heterocycles. The molecule has 4 aliphatic heterocycles. The van der Waals surface area contributed by atoms with E-state index in [1.807, 2.05) is 27.7 Å². The summed E-state index contributed by atoms with van der Waals surface area (Å²) in [4.78, 5) is 38.4. The van der Waals surface area contributed by atoms with E-state index in [1.165, 1.54) is 6.92 Å². The van der Waals surface area contributed by atoms with Crippen LogP contribution in [0.25, 0.3) is 0 Å². The van der Waals surface area contributed by atoms with E-state index < -0.39 is 75.8 Å². The van der Waals surface area contributed by atoms with E-state index in [0.717, 1.165) is 5.56 Å². The Morgan fingerprint density at radius 2 is 1.89 bits per heavy atom. The van der Waals surface area contributed by atoms with Crippen molar-refractivity contribution in [3.63, 3.8) is 0 Å². The molecule has 1 aromatic rings. The van der Waals surface area contributed by atoms with E-state index in [0.29, 0.717) is 12.8 Å². The van der Waals surface area contributed by atoms with Gasteiger partial charge in [0.05, 0.1) is 36.8 Å². The molecule has 2 spiro atoms. The van der Waals surface area contributed by atoms with Crippen molar-refractivity contribution in [2.24, 2.45) is 28.1 Å². The molecule has 2 unspecified atom stereocenters. The van der Waals surface area contributed by atoms with Crippen molar-refractivity contribution in [2.75, 3.05) is 6.61 Å². The molecule has 0 radical (unpaired) electrons. The summed E-state index contributed by atoms with van der Waals surface area (Å²) in [5.74, 6) is -2.08. The number of ether oxygens (including phenoxy) is 5. The lowest BCUT2D eigenvalue weighted by Gasteiger charge is -2.68. The van der Waals surface area contributed by atoms with Crippen LogP contribution in [0.3, 0.4) is 0 Å². The maximum Gasteiger partial charge on any atom is 0.339 e. The van der Waals surface area contributed by atoms with Crippen LogP contribution in [0.1, 0.15) is 65.5 Å². The number of cyclic esters (lactones) is 2. The SMILES string of the molecule is CC(=O)OC1C(O)[C@H]2C(C)(C)O[C@H]3CC(=O)OC[C@]32[C@H]2CC[C@@]3(C)[C@H](c4ccoc4)OC(=O)[C@H]4O[C@]43[C@]12C. The van der Waals surface area contributed by atoms with Gasteiger partial charge in [0.25, 0.3) is 0 Å². The third-order valence-corrected chi connectivity index (χ3v) is 11.2. The van der Waals surface area contributed by atoms with Gasteiger partial charge in [-0.15, -0.1) is 0 Å². The molecule has 0 amide bonds. The summed E-state index contributed by atoms with van der Waals surface area (Å²) >= 11 is 0. The van der Waals surface area contributed by atoms with Gasteiger partial charge >= 0.3 is 17.9 Å². The van der Waals surface area contributed by atoms with Crippen LogP contribution in [0, 0.1) is 28.1 Å². The van der Waals surface area contributed by atoms with E-state index in [9.17, 15) is 19.5 Å². The monoisotopic (exact) mass is 530 g/mol. The van der Waals surface area contributed by atoms with Crippen molar-refractivity contribution in [1.29, 1.82) is 0 Å². The number of carbonyl (C=O) groups is 3. The Bertz CT molecular complexity index is 1220. The quantitative estimate of drug-likeness (QED) is 0.345. The van der Waals surface area contributed by atoms with E-state index in [1.54, 1.807) is 18.6 Å². The lowest BCUT2D eigenvalue weighted by Crippen LogP contribution is -2.77. The fourth-order valence-electron chi connectivity index (χ4n) is 10.1. The minimum absolute atomic E-state index is 0.0751. The maximum absolute atomic E-state index is 13.4. The number of carbonyl (C=O) groups excluding carboxylic acids is 3. The number of aliphatic hydroxyl groups is 1. The Morgan fingerprint density at radius 3 is 2.58 bits per heavy atom. The van der Waals surface area contributed by atoms with Gasteiger partial charge in [-0.2, -0.15) is 0 Å². The average molecular weight is 531 g/mol. The van der Waals surface area contributed by atoms with Gasteiger partial charge in [0.15, 0.2) is 6.10 Å². The number of epoxide rings is 1. The highest BCUT2D eigenvalue weighted by Gasteiger charge is 2.91. The van der Waals surface area contributed by atoms with Crippen LogP contribution in [-0.4, -0.2) is 65.2 Å². The molecule has 10 heteroatoms. The molecule has 7 rings (SSSR count). The molecule has 10 nitrogen and oxygen atoms in total. The molecule has 5 heterocycles. The fourth-order valence-corrected chi connectivity index (χ4v) is 10.1. The fraction of sp³-hybridized carbons (Fsp3) is 0.750. The minimum atomic E-state index is -1.15. The van der Waals surface area contributed by atoms with Gasteiger partial charge in [0.2, 0.25) is 0 Å². The van der Waals surface area contributed by atoms with Gasteiger partial charge in [0, 0.05) is 34.7 Å². The number of furan rings is 1. The Labute approximate surface area is 220 Å². The van der Waals surface area contributed by atoms with Crippen LogP contribution in [0.2, 0.25) is 0 Å². The van der Waals surface area contributed by atoms with E-state index >= 15 is 0 Å². The van der Waals surface area contributed by atoms with Gasteiger partial charge in [-0.1, -0.05) is 13.8 Å². The van der Waals surface area contributed by atoms with E-state index in [4.69, 9.17) is 28.1 Å². The first-order chi connectivity index (χ1) is 17.8. The molecule has 4 saturated heterocycles. The standard InChI is InChI=1S/C28H34O10/c1-13(29)35-21-18(31)19-24(2,3)37-16-10-17(30)34-12-27(16,19)15-6-8-25(4)20(14-7-9-33-11-14)36-23(32)22-28(25,38-22)26(15,21)5/h7,9,11,15-16,18-22,31H,6,8,10,12H2,1-5H3/t15-,16-,18?,19-,20-,21?,22+,25-,26-,27-,28+/m0/s1. The number of hydrogen-bond acceptors (Lipinski definition) is 10. The predicted molar refractivity (Wildman–Crippen MR) is 126 cm³/mol. The highest BCUT2D eigenvalue weighted by molar-refractivity contribution is 5.82. The van der Waals surface area contributed by atoms with Crippen molar-refractivity contribution in [3.05, 3.63) is 24.2 Å². The van der Waals surface area contributed by atoms with E-state index in [2.05, 4.69) is 0 Å². The molecule has 11 atom stereocenters. The summed E-state index contributed by atoms with van der Waals surface area (Å²) in [5.41, 5.74) is -3.67. The lowest BCUT2D eigenvalue weighted by atomic mass is 9.36. The highest BCUT2D eigenvalue weighted by Crippen LogP contribution is 2.80. The van der Waals surface area contributed by atoms with E-state index in [-0.39, 0.29) is 24.9 Å². The van der Waals surface area contributed by atoms with Crippen molar-refractivity contribution in [2.45, 2.75) is 95.6 Å². The Kier molecular flexibility index (Phi) is 4.66. The summed E-state index contributed by atoms with van der Waals surface area (Å²) in [7, 11) is 0.